The lowest BCUT2D eigenvalue weighted by Crippen LogP contribution is -1.90. The number of nitrogens with two attached hydrogens (primary N) is 1. The number of anilines is 1. The van der Waals surface area contributed by atoms with Crippen LogP contribution in [0.5, 0.6) is 5.75 Å². The first kappa shape index (κ1) is 12.7. The van der Waals surface area contributed by atoms with E-state index >= 15 is 0 Å². The molecule has 102 valence electrons. The van der Waals surface area contributed by atoms with Crippen LogP contribution in [0.15, 0.2) is 40.2 Å². The molecule has 0 aliphatic carbocycles. The second-order valence-corrected chi connectivity index (χ2v) is 5.38. The summed E-state index contributed by atoms with van der Waals surface area (Å²) in [7, 11) is 1.66. The smallest absolute Gasteiger partial charge is 0.230 e. The predicted molar refractivity (Wildman–Crippen MR) is 81.0 cm³/mol. The Balaban J connectivity index is 2.17. The van der Waals surface area contributed by atoms with Crippen LogP contribution in [0, 0.1) is 6.92 Å². The lowest BCUT2D eigenvalue weighted by Gasteiger charge is -2.07. The first-order valence-electron chi connectivity index (χ1n) is 6.14. The zero-order valence-corrected chi connectivity index (χ0v) is 12.0. The molecule has 0 radical (unpaired) electrons. The van der Waals surface area contributed by atoms with Gasteiger partial charge in [-0.1, -0.05) is 23.4 Å². The second-order valence-electron chi connectivity index (χ2n) is 4.43. The lowest BCUT2D eigenvalue weighted by atomic mass is 10.0. The molecule has 0 fully saturated rings. The number of benzene rings is 1. The molecule has 4 nitrogen and oxygen atoms in total. The summed E-state index contributed by atoms with van der Waals surface area (Å²) in [5.74, 6) is 1.14. The van der Waals surface area contributed by atoms with Gasteiger partial charge in [-0.25, -0.2) is 0 Å². The zero-order chi connectivity index (χ0) is 14.1. The van der Waals surface area contributed by atoms with Crippen molar-refractivity contribution in [3.8, 4) is 27.4 Å². The molecule has 5 heteroatoms. The molecule has 0 bridgehead atoms. The van der Waals surface area contributed by atoms with Gasteiger partial charge in [0.2, 0.25) is 5.88 Å². The molecule has 0 atom stereocenters. The topological polar surface area (TPSA) is 61.3 Å². The Hall–Kier alpha value is -2.27. The molecule has 0 saturated carbocycles. The van der Waals surface area contributed by atoms with E-state index in [-0.39, 0.29) is 0 Å². The molecule has 0 saturated heterocycles. The fraction of sp³-hybridized carbons (Fsp3) is 0.133. The van der Waals surface area contributed by atoms with E-state index in [2.05, 4.69) is 5.16 Å². The van der Waals surface area contributed by atoms with Crippen molar-refractivity contribution >= 4 is 17.2 Å². The first-order valence-corrected chi connectivity index (χ1v) is 7.02. The van der Waals surface area contributed by atoms with Crippen molar-refractivity contribution in [1.82, 2.24) is 5.16 Å². The summed E-state index contributed by atoms with van der Waals surface area (Å²) in [5, 5.41) is 6.08. The molecule has 1 aromatic carbocycles. The van der Waals surface area contributed by atoms with Crippen LogP contribution in [-0.4, -0.2) is 12.3 Å². The third kappa shape index (κ3) is 2.06. The standard InChI is InChI=1S/C15H14N2O2S/c1-9-5-6-10(8-11(9)18-2)13-14(17-19-15(13)16)12-4-3-7-20-12/h3-8H,16H2,1-2H3. The van der Waals surface area contributed by atoms with Gasteiger partial charge in [-0.05, 0) is 35.6 Å². The summed E-state index contributed by atoms with van der Waals surface area (Å²) in [6.45, 7) is 2.00. The van der Waals surface area contributed by atoms with Gasteiger partial charge in [0.15, 0.2) is 0 Å². The average molecular weight is 286 g/mol. The number of nitrogen functional groups attached to an aromatic ring is 1. The molecule has 2 aromatic heterocycles. The summed E-state index contributed by atoms with van der Waals surface area (Å²) < 4.78 is 10.5. The van der Waals surface area contributed by atoms with Gasteiger partial charge >= 0.3 is 0 Å². The Bertz CT molecular complexity index is 732. The van der Waals surface area contributed by atoms with Crippen LogP contribution in [0.4, 0.5) is 5.88 Å². The van der Waals surface area contributed by atoms with E-state index in [1.165, 1.54) is 0 Å². The molecule has 2 N–H and O–H groups in total. The third-order valence-corrected chi connectivity index (χ3v) is 4.05. The number of methoxy groups -OCH3 is 1. The number of nitrogens with zero attached hydrogens (tertiary/aromatic N) is 1. The highest BCUT2D eigenvalue weighted by atomic mass is 32.1. The van der Waals surface area contributed by atoms with E-state index in [4.69, 9.17) is 15.0 Å². The van der Waals surface area contributed by atoms with Gasteiger partial charge in [-0.2, -0.15) is 0 Å². The Labute approximate surface area is 120 Å². The van der Waals surface area contributed by atoms with E-state index in [1.54, 1.807) is 18.4 Å². The molecule has 20 heavy (non-hydrogen) atoms. The van der Waals surface area contributed by atoms with Gasteiger partial charge in [0.05, 0.1) is 17.6 Å². The maximum atomic E-state index is 5.94. The van der Waals surface area contributed by atoms with Crippen molar-refractivity contribution in [1.29, 1.82) is 0 Å². The minimum atomic E-state index is 0.319. The van der Waals surface area contributed by atoms with Gasteiger partial charge < -0.3 is 15.0 Å². The first-order chi connectivity index (χ1) is 9.70. The van der Waals surface area contributed by atoms with Gasteiger partial charge in [-0.15, -0.1) is 11.3 Å². The van der Waals surface area contributed by atoms with E-state index < -0.39 is 0 Å². The number of ether oxygens (including phenoxy) is 1. The molecule has 3 rings (SSSR count). The molecule has 0 aliphatic heterocycles. The normalized spacial score (nSPS) is 10.7. The Morgan fingerprint density at radius 3 is 2.85 bits per heavy atom. The number of hydrogen-bond donors (Lipinski definition) is 1. The summed E-state index contributed by atoms with van der Waals surface area (Å²) in [6, 6.07) is 9.92. The number of aromatic nitrogens is 1. The number of hydrogen-bond acceptors (Lipinski definition) is 5. The van der Waals surface area contributed by atoms with Crippen molar-refractivity contribution in [3.05, 3.63) is 41.3 Å². The van der Waals surface area contributed by atoms with Crippen LogP contribution in [0.1, 0.15) is 5.56 Å². The van der Waals surface area contributed by atoms with E-state index in [0.717, 1.165) is 33.0 Å². The Kier molecular flexibility index (Phi) is 3.20. The molecule has 0 spiro atoms. The highest BCUT2D eigenvalue weighted by Crippen LogP contribution is 2.39. The van der Waals surface area contributed by atoms with Gasteiger partial charge in [0.1, 0.15) is 11.4 Å². The Morgan fingerprint density at radius 2 is 2.15 bits per heavy atom. The van der Waals surface area contributed by atoms with Crippen LogP contribution in [0.3, 0.4) is 0 Å². The minimum Gasteiger partial charge on any atom is -0.496 e. The maximum Gasteiger partial charge on any atom is 0.230 e. The molecule has 0 amide bonds. The monoisotopic (exact) mass is 286 g/mol. The van der Waals surface area contributed by atoms with Gasteiger partial charge in [0, 0.05) is 0 Å². The number of rotatable bonds is 3. The molecular formula is C15H14N2O2S. The van der Waals surface area contributed by atoms with E-state index in [9.17, 15) is 0 Å². The summed E-state index contributed by atoms with van der Waals surface area (Å²) in [4.78, 5) is 1.03. The highest BCUT2D eigenvalue weighted by Gasteiger charge is 2.18. The summed E-state index contributed by atoms with van der Waals surface area (Å²) in [6.07, 6.45) is 0. The number of aryl methyl sites for hydroxylation is 1. The largest absolute Gasteiger partial charge is 0.496 e. The van der Waals surface area contributed by atoms with E-state index in [1.807, 2.05) is 42.6 Å². The van der Waals surface area contributed by atoms with Crippen LogP contribution in [-0.2, 0) is 0 Å². The second kappa shape index (κ2) is 5.02. The van der Waals surface area contributed by atoms with Crippen molar-refractivity contribution in [2.75, 3.05) is 12.8 Å². The SMILES string of the molecule is COc1cc(-c2c(-c3cccs3)noc2N)ccc1C. The van der Waals surface area contributed by atoms with Crippen LogP contribution < -0.4 is 10.5 Å². The van der Waals surface area contributed by atoms with Crippen molar-refractivity contribution in [3.63, 3.8) is 0 Å². The highest BCUT2D eigenvalue weighted by molar-refractivity contribution is 7.13. The minimum absolute atomic E-state index is 0.319. The molecular weight excluding hydrogens is 272 g/mol. The quantitative estimate of drug-likeness (QED) is 0.791. The van der Waals surface area contributed by atoms with Gasteiger partial charge in [0.25, 0.3) is 0 Å². The summed E-state index contributed by atoms with van der Waals surface area (Å²) in [5.41, 5.74) is 9.53. The van der Waals surface area contributed by atoms with Crippen LogP contribution in [0.2, 0.25) is 0 Å². The molecule has 0 aliphatic rings. The molecule has 3 aromatic rings. The number of thiophene rings is 1. The molecule has 0 unspecified atom stereocenters. The fourth-order valence-corrected chi connectivity index (χ4v) is 2.85. The third-order valence-electron chi connectivity index (χ3n) is 3.17. The van der Waals surface area contributed by atoms with Crippen LogP contribution >= 0.6 is 11.3 Å². The van der Waals surface area contributed by atoms with E-state index in [0.29, 0.717) is 5.88 Å². The van der Waals surface area contributed by atoms with Crippen molar-refractivity contribution in [2.45, 2.75) is 6.92 Å². The van der Waals surface area contributed by atoms with Crippen molar-refractivity contribution in [2.24, 2.45) is 0 Å². The summed E-state index contributed by atoms with van der Waals surface area (Å²) >= 11 is 1.60. The van der Waals surface area contributed by atoms with Gasteiger partial charge in [-0.3, -0.25) is 0 Å². The Morgan fingerprint density at radius 1 is 1.30 bits per heavy atom. The predicted octanol–water partition coefficient (Wildman–Crippen LogP) is 3.97. The fourth-order valence-electron chi connectivity index (χ4n) is 2.14. The lowest BCUT2D eigenvalue weighted by molar-refractivity contribution is 0.412. The van der Waals surface area contributed by atoms with Crippen molar-refractivity contribution < 1.29 is 9.26 Å². The molecule has 2 heterocycles. The maximum absolute atomic E-state index is 5.94. The van der Waals surface area contributed by atoms with Crippen LogP contribution in [0.25, 0.3) is 21.7 Å². The zero-order valence-electron chi connectivity index (χ0n) is 11.2. The average Bonchev–Trinajstić information content (AvgIpc) is 3.08.